The van der Waals surface area contributed by atoms with Crippen molar-refractivity contribution < 1.29 is 24.9 Å². The van der Waals surface area contributed by atoms with Crippen molar-refractivity contribution in [1.82, 2.24) is 20.0 Å². The van der Waals surface area contributed by atoms with E-state index in [1.807, 2.05) is 24.3 Å². The van der Waals surface area contributed by atoms with Gasteiger partial charge in [-0.2, -0.15) is 0 Å². The van der Waals surface area contributed by atoms with Gasteiger partial charge in [-0.3, -0.25) is 40.3 Å². The molecule has 3 amide bonds. The number of benzene rings is 3. The molecule has 13 nitrogen and oxygen atoms in total. The van der Waals surface area contributed by atoms with Crippen LogP contribution in [0.5, 0.6) is 5.75 Å². The quantitative estimate of drug-likeness (QED) is 0.124. The molecule has 0 aromatic heterocycles. The zero-order chi connectivity index (χ0) is 38.9. The van der Waals surface area contributed by atoms with Crippen molar-refractivity contribution in [2.75, 3.05) is 62.2 Å². The van der Waals surface area contributed by atoms with Crippen LogP contribution in [0, 0.1) is 5.41 Å². The van der Waals surface area contributed by atoms with Crippen molar-refractivity contribution in [2.24, 2.45) is 5.73 Å². The number of para-hydroxylation sites is 1. The molecule has 3 saturated heterocycles. The number of amides is 3. The van der Waals surface area contributed by atoms with Crippen LogP contribution in [-0.4, -0.2) is 120 Å². The fraction of sp³-hybridized carbons (Fsp3) is 0.419. The second-order valence-electron chi connectivity index (χ2n) is 15.7. The second kappa shape index (κ2) is 15.9. The number of carbonyl (C=O) groups excluding carboxylic acids is 3. The van der Waals surface area contributed by atoms with E-state index >= 15 is 0 Å². The summed E-state index contributed by atoms with van der Waals surface area (Å²) in [6, 6.07) is 21.7. The molecule has 56 heavy (non-hydrogen) atoms. The number of nitrogens with zero attached hydrogens (tertiary/aromatic N) is 5. The Morgan fingerprint density at radius 3 is 1.96 bits per heavy atom. The lowest BCUT2D eigenvalue weighted by Gasteiger charge is -2.46. The molecule has 4 aliphatic heterocycles. The maximum Gasteiger partial charge on any atom is 0.255 e. The van der Waals surface area contributed by atoms with Gasteiger partial charge in [-0.1, -0.05) is 24.3 Å². The van der Waals surface area contributed by atoms with Gasteiger partial charge in [0.15, 0.2) is 0 Å². The Labute approximate surface area is 327 Å². The van der Waals surface area contributed by atoms with E-state index in [1.54, 1.807) is 35.2 Å². The normalized spacial score (nSPS) is 23.9. The Bertz CT molecular complexity index is 2040. The molecule has 3 aromatic rings. The van der Waals surface area contributed by atoms with Crippen LogP contribution in [-0.2, 0) is 16.1 Å². The fourth-order valence-corrected chi connectivity index (χ4v) is 9.36. The van der Waals surface area contributed by atoms with E-state index in [4.69, 9.17) is 16.6 Å². The van der Waals surface area contributed by atoms with Gasteiger partial charge in [-0.15, -0.1) is 0 Å². The van der Waals surface area contributed by atoms with Crippen LogP contribution in [0.4, 0.5) is 11.4 Å². The number of allylic oxidation sites excluding steroid dienone is 1. The van der Waals surface area contributed by atoms with Gasteiger partial charge in [0.05, 0.1) is 5.56 Å². The van der Waals surface area contributed by atoms with Gasteiger partial charge in [0.1, 0.15) is 17.6 Å². The number of aromatic hydroxyl groups is 1. The molecule has 13 heteroatoms. The van der Waals surface area contributed by atoms with Crippen molar-refractivity contribution in [3.8, 4) is 5.75 Å². The molecule has 1 unspecified atom stereocenters. The first kappa shape index (κ1) is 37.4. The number of hydrogen-bond donors (Lipinski definition) is 5. The third-order valence-corrected chi connectivity index (χ3v) is 12.5. The molecule has 0 radical (unpaired) electrons. The van der Waals surface area contributed by atoms with Crippen LogP contribution in [0.1, 0.15) is 65.6 Å². The molecule has 1 aliphatic carbocycles. The number of piperazine rings is 2. The third-order valence-electron chi connectivity index (χ3n) is 12.5. The largest absolute Gasteiger partial charge is 0.507 e. The summed E-state index contributed by atoms with van der Waals surface area (Å²) in [6.07, 6.45) is 7.18. The monoisotopic (exact) mass is 758 g/mol. The lowest BCUT2D eigenvalue weighted by Crippen LogP contribution is -2.54. The number of nitrogens with one attached hydrogen (secondary N) is 2. The van der Waals surface area contributed by atoms with Gasteiger partial charge in [0, 0.05) is 106 Å². The summed E-state index contributed by atoms with van der Waals surface area (Å²) in [5.41, 5.74) is 12.0. The maximum atomic E-state index is 13.2. The molecule has 5 aliphatic rings. The number of piperidine rings is 1. The van der Waals surface area contributed by atoms with Gasteiger partial charge in [0.2, 0.25) is 17.5 Å². The molecule has 0 bridgehead atoms. The standard InChI is InChI=1S/C43H51N9O4/c44-37(35-3-1-2-4-39(35)53)26-36(41(45)46)28-5-7-30(8-6-28)48-17-19-49(20-18-48)31-9-11-32(12-10-31)50-21-23-51(24-22-50)33-13-14-34-29(25-33)27-52(43(34)56)38-15-16-40(54)47-42(38)55/h1-8,13-14,25-26,31-32,38,44,53H,9-12,15-24,27H2,(H3,45,46)(H,47,54,55)/p+1/b36-26-,44-37?. The Hall–Kier alpha value is -5.53. The average Bonchev–Trinajstić information content (AvgIpc) is 3.55. The SMILES string of the molecule is N=C(N)/C(=C\C(=[NH2+])c1ccccc1O)c1ccc(N2CCN(C3CCC(N4CCN(c5ccc6c(c5)CN(C5CCC(=O)NC5=O)C6=O)CC4)CC3)CC2)cc1. The van der Waals surface area contributed by atoms with Gasteiger partial charge < -0.3 is 25.5 Å². The highest BCUT2D eigenvalue weighted by Gasteiger charge is 2.39. The number of fused-ring (bicyclic) bond motifs is 1. The average molecular weight is 759 g/mol. The minimum absolute atomic E-state index is 0.0827. The highest BCUT2D eigenvalue weighted by molar-refractivity contribution is 6.26. The van der Waals surface area contributed by atoms with Crippen molar-refractivity contribution in [3.63, 3.8) is 0 Å². The van der Waals surface area contributed by atoms with Crippen LogP contribution < -0.4 is 26.3 Å². The van der Waals surface area contributed by atoms with Crippen LogP contribution >= 0.6 is 0 Å². The van der Waals surface area contributed by atoms with Crippen LogP contribution in [0.2, 0.25) is 0 Å². The van der Waals surface area contributed by atoms with Crippen LogP contribution in [0.3, 0.4) is 0 Å². The Morgan fingerprint density at radius 2 is 1.38 bits per heavy atom. The highest BCUT2D eigenvalue weighted by Crippen LogP contribution is 2.33. The predicted molar refractivity (Wildman–Crippen MR) is 217 cm³/mol. The van der Waals surface area contributed by atoms with Gasteiger partial charge in [0.25, 0.3) is 5.91 Å². The summed E-state index contributed by atoms with van der Waals surface area (Å²) < 4.78 is 0. The van der Waals surface area contributed by atoms with E-state index in [1.165, 1.54) is 25.7 Å². The summed E-state index contributed by atoms with van der Waals surface area (Å²) in [7, 11) is 0. The number of rotatable bonds is 9. The summed E-state index contributed by atoms with van der Waals surface area (Å²) in [6.45, 7) is 8.37. The van der Waals surface area contributed by atoms with Gasteiger partial charge in [-0.25, -0.2) is 0 Å². The molecular formula is C43H52N9O4+. The zero-order valence-electron chi connectivity index (χ0n) is 31.8. The minimum Gasteiger partial charge on any atom is -0.507 e. The Balaban J connectivity index is 0.787. The number of nitrogens with two attached hydrogens (primary N) is 2. The number of hydrogen-bond acceptors (Lipinski definition) is 9. The number of carbonyl (C=O) groups is 3. The number of imide groups is 1. The van der Waals surface area contributed by atoms with Gasteiger partial charge >= 0.3 is 0 Å². The number of anilines is 2. The minimum atomic E-state index is -0.593. The lowest BCUT2D eigenvalue weighted by atomic mass is 9.88. The molecule has 1 saturated carbocycles. The van der Waals surface area contributed by atoms with Crippen molar-refractivity contribution in [3.05, 3.63) is 95.1 Å². The highest BCUT2D eigenvalue weighted by atomic mass is 16.3. The molecule has 8 rings (SSSR count). The van der Waals surface area contributed by atoms with E-state index in [0.29, 0.717) is 47.5 Å². The molecule has 0 spiro atoms. The van der Waals surface area contributed by atoms with Crippen molar-refractivity contribution in [2.45, 2.75) is 63.2 Å². The van der Waals surface area contributed by atoms with E-state index in [9.17, 15) is 19.5 Å². The number of phenols is 1. The summed E-state index contributed by atoms with van der Waals surface area (Å²) in [5.74, 6) is -0.778. The summed E-state index contributed by atoms with van der Waals surface area (Å²) >= 11 is 0. The van der Waals surface area contributed by atoms with E-state index in [-0.39, 0.29) is 35.7 Å². The van der Waals surface area contributed by atoms with E-state index in [0.717, 1.165) is 74.9 Å². The smallest absolute Gasteiger partial charge is 0.255 e. The molecule has 4 fully saturated rings. The van der Waals surface area contributed by atoms with E-state index in [2.05, 4.69) is 43.1 Å². The second-order valence-corrected chi connectivity index (χ2v) is 15.7. The van der Waals surface area contributed by atoms with E-state index < -0.39 is 6.04 Å². The molecule has 4 heterocycles. The molecule has 1 atom stereocenters. The van der Waals surface area contributed by atoms with Crippen molar-refractivity contribution >= 4 is 46.2 Å². The Kier molecular flexibility index (Phi) is 10.6. The third kappa shape index (κ3) is 7.65. The number of amidine groups is 1. The summed E-state index contributed by atoms with van der Waals surface area (Å²) in [4.78, 5) is 49.1. The molecule has 292 valence electrons. The first-order valence-electron chi connectivity index (χ1n) is 20.0. The first-order chi connectivity index (χ1) is 27.1. The summed E-state index contributed by atoms with van der Waals surface area (Å²) in [5, 5.41) is 27.1. The predicted octanol–water partition coefficient (Wildman–Crippen LogP) is 1.98. The van der Waals surface area contributed by atoms with Gasteiger partial charge in [-0.05, 0) is 85.7 Å². The van der Waals surface area contributed by atoms with Crippen molar-refractivity contribution in [1.29, 1.82) is 5.41 Å². The molecule has 7 N–H and O–H groups in total. The van der Waals surface area contributed by atoms with Crippen LogP contribution in [0.15, 0.2) is 72.8 Å². The Morgan fingerprint density at radius 1 is 0.786 bits per heavy atom. The lowest BCUT2D eigenvalue weighted by molar-refractivity contribution is -0.137. The topological polar surface area (TPSA) is 175 Å². The fourth-order valence-electron chi connectivity index (χ4n) is 9.36. The molecule has 3 aromatic carbocycles. The zero-order valence-corrected chi connectivity index (χ0v) is 31.8. The maximum absolute atomic E-state index is 13.2. The first-order valence-corrected chi connectivity index (χ1v) is 20.0. The van der Waals surface area contributed by atoms with Crippen LogP contribution in [0.25, 0.3) is 5.57 Å². The number of phenolic OH excluding ortho intramolecular Hbond substituents is 1. The molecular weight excluding hydrogens is 707 g/mol.